The minimum absolute atomic E-state index is 0.135. The highest BCUT2D eigenvalue weighted by atomic mass is 16.3. The Kier molecular flexibility index (Phi) is 4.20. The van der Waals surface area contributed by atoms with Gasteiger partial charge in [-0.15, -0.1) is 0 Å². The van der Waals surface area contributed by atoms with Gasteiger partial charge < -0.3 is 10.4 Å². The Labute approximate surface area is 125 Å². The number of nitrogens with zero attached hydrogens (tertiary/aromatic N) is 3. The van der Waals surface area contributed by atoms with Crippen LogP contribution >= 0.6 is 0 Å². The molecule has 5 heteroatoms. The van der Waals surface area contributed by atoms with Crippen molar-refractivity contribution in [1.82, 2.24) is 14.8 Å². The molecule has 0 atom stereocenters. The third kappa shape index (κ3) is 3.08. The van der Waals surface area contributed by atoms with E-state index >= 15 is 0 Å². The van der Waals surface area contributed by atoms with Gasteiger partial charge in [-0.2, -0.15) is 5.10 Å². The summed E-state index contributed by atoms with van der Waals surface area (Å²) in [5.41, 5.74) is 2.08. The third-order valence-electron chi connectivity index (χ3n) is 4.08. The molecule has 1 aromatic heterocycles. The first-order chi connectivity index (χ1) is 10.3. The van der Waals surface area contributed by atoms with Crippen molar-refractivity contribution >= 4 is 5.69 Å². The number of aliphatic hydroxyl groups excluding tert-OH is 1. The summed E-state index contributed by atoms with van der Waals surface area (Å²) < 4.78 is 1.88. The zero-order valence-corrected chi connectivity index (χ0v) is 12.4. The summed E-state index contributed by atoms with van der Waals surface area (Å²) in [6, 6.07) is 8.11. The Morgan fingerprint density at radius 2 is 1.95 bits per heavy atom. The quantitative estimate of drug-likeness (QED) is 0.886. The molecule has 0 bridgehead atoms. The molecule has 1 heterocycles. The molecule has 3 rings (SSSR count). The lowest BCUT2D eigenvalue weighted by Crippen LogP contribution is -2.05. The van der Waals surface area contributed by atoms with Gasteiger partial charge in [0.1, 0.15) is 0 Å². The molecule has 2 aromatic rings. The second kappa shape index (κ2) is 6.26. The lowest BCUT2D eigenvalue weighted by Gasteiger charge is -2.05. The molecule has 1 aliphatic carbocycles. The van der Waals surface area contributed by atoms with Gasteiger partial charge in [0.15, 0.2) is 11.6 Å². The fourth-order valence-corrected chi connectivity index (χ4v) is 2.95. The summed E-state index contributed by atoms with van der Waals surface area (Å²) in [6.07, 6.45) is 5.02. The van der Waals surface area contributed by atoms with Gasteiger partial charge >= 0.3 is 0 Å². The summed E-state index contributed by atoms with van der Waals surface area (Å²) in [5.74, 6) is 2.45. The van der Waals surface area contributed by atoms with Gasteiger partial charge in [-0.1, -0.05) is 12.8 Å². The van der Waals surface area contributed by atoms with Gasteiger partial charge in [-0.25, -0.2) is 9.67 Å². The molecule has 5 nitrogen and oxygen atoms in total. The van der Waals surface area contributed by atoms with Gasteiger partial charge in [0.25, 0.3) is 0 Å². The van der Waals surface area contributed by atoms with Crippen molar-refractivity contribution in [1.29, 1.82) is 0 Å². The Morgan fingerprint density at radius 3 is 2.62 bits per heavy atom. The predicted molar refractivity (Wildman–Crippen MR) is 83.2 cm³/mol. The van der Waals surface area contributed by atoms with Crippen LogP contribution in [0.3, 0.4) is 0 Å². The van der Waals surface area contributed by atoms with Crippen LogP contribution in [0.25, 0.3) is 11.4 Å². The van der Waals surface area contributed by atoms with E-state index in [1.54, 1.807) is 0 Å². The van der Waals surface area contributed by atoms with E-state index in [2.05, 4.69) is 10.4 Å². The number of aryl methyl sites for hydroxylation is 1. The second-order valence-corrected chi connectivity index (χ2v) is 5.63. The van der Waals surface area contributed by atoms with Gasteiger partial charge in [0.2, 0.25) is 0 Å². The van der Waals surface area contributed by atoms with E-state index in [1.807, 2.05) is 36.0 Å². The Morgan fingerprint density at radius 1 is 1.24 bits per heavy atom. The number of anilines is 1. The molecule has 0 radical (unpaired) electrons. The fraction of sp³-hybridized carbons (Fsp3) is 0.500. The molecular weight excluding hydrogens is 264 g/mol. The number of hydrogen-bond donors (Lipinski definition) is 2. The summed E-state index contributed by atoms with van der Waals surface area (Å²) >= 11 is 0. The summed E-state index contributed by atoms with van der Waals surface area (Å²) in [4.78, 5) is 4.75. The van der Waals surface area contributed by atoms with Gasteiger partial charge in [0, 0.05) is 30.8 Å². The largest absolute Gasteiger partial charge is 0.395 e. The van der Waals surface area contributed by atoms with Crippen molar-refractivity contribution in [2.75, 3.05) is 18.5 Å². The van der Waals surface area contributed by atoms with Crippen LogP contribution in [-0.4, -0.2) is 33.0 Å². The van der Waals surface area contributed by atoms with Gasteiger partial charge in [-0.3, -0.25) is 0 Å². The molecule has 0 spiro atoms. The van der Waals surface area contributed by atoms with E-state index < -0.39 is 0 Å². The van der Waals surface area contributed by atoms with E-state index in [0.717, 1.165) is 22.9 Å². The predicted octanol–water partition coefficient (Wildman–Crippen LogP) is 2.54. The Hall–Kier alpha value is -1.88. The minimum Gasteiger partial charge on any atom is -0.395 e. The van der Waals surface area contributed by atoms with E-state index in [-0.39, 0.29) is 6.61 Å². The molecule has 0 unspecified atom stereocenters. The standard InChI is InChI=1S/C16H22N4O/c1-20-16(18-15(19-20)12-4-2-3-5-12)13-6-8-14(9-7-13)17-10-11-21/h6-9,12,17,21H,2-5,10-11H2,1H3. The highest BCUT2D eigenvalue weighted by Crippen LogP contribution is 2.33. The summed E-state index contributed by atoms with van der Waals surface area (Å²) in [7, 11) is 1.96. The molecular formula is C16H22N4O. The molecule has 0 amide bonds. The zero-order valence-electron chi connectivity index (χ0n) is 12.4. The zero-order chi connectivity index (χ0) is 14.7. The average Bonchev–Trinajstić information content (AvgIpc) is 3.15. The van der Waals surface area contributed by atoms with E-state index in [1.165, 1.54) is 25.7 Å². The Bertz CT molecular complexity index is 585. The topological polar surface area (TPSA) is 63.0 Å². The normalized spacial score (nSPS) is 15.5. The second-order valence-electron chi connectivity index (χ2n) is 5.63. The first-order valence-corrected chi connectivity index (χ1v) is 7.64. The SMILES string of the molecule is Cn1nc(C2CCCC2)nc1-c1ccc(NCCO)cc1. The molecule has 1 aliphatic rings. The van der Waals surface area contributed by atoms with Crippen molar-refractivity contribution in [3.63, 3.8) is 0 Å². The van der Waals surface area contributed by atoms with Crippen LogP contribution in [0.15, 0.2) is 24.3 Å². The van der Waals surface area contributed by atoms with E-state index in [9.17, 15) is 0 Å². The molecule has 1 aromatic carbocycles. The van der Waals surface area contributed by atoms with Crippen molar-refractivity contribution < 1.29 is 5.11 Å². The smallest absolute Gasteiger partial charge is 0.158 e. The molecule has 21 heavy (non-hydrogen) atoms. The number of aliphatic hydroxyl groups is 1. The van der Waals surface area contributed by atoms with Crippen molar-refractivity contribution in [3.05, 3.63) is 30.1 Å². The molecule has 1 saturated carbocycles. The highest BCUT2D eigenvalue weighted by molar-refractivity contribution is 5.60. The molecule has 112 valence electrons. The highest BCUT2D eigenvalue weighted by Gasteiger charge is 2.22. The van der Waals surface area contributed by atoms with Crippen LogP contribution < -0.4 is 5.32 Å². The molecule has 0 saturated heterocycles. The first kappa shape index (κ1) is 14.1. The number of nitrogens with one attached hydrogen (secondary N) is 1. The van der Waals surface area contributed by atoms with Gasteiger partial charge in [-0.05, 0) is 37.1 Å². The number of rotatable bonds is 5. The van der Waals surface area contributed by atoms with Crippen LogP contribution in [0.2, 0.25) is 0 Å². The minimum atomic E-state index is 0.135. The van der Waals surface area contributed by atoms with E-state index in [0.29, 0.717) is 12.5 Å². The van der Waals surface area contributed by atoms with Crippen molar-refractivity contribution in [2.24, 2.45) is 7.05 Å². The van der Waals surface area contributed by atoms with Crippen molar-refractivity contribution in [3.8, 4) is 11.4 Å². The maximum atomic E-state index is 8.82. The van der Waals surface area contributed by atoms with Crippen LogP contribution in [0.1, 0.15) is 37.4 Å². The first-order valence-electron chi connectivity index (χ1n) is 7.64. The molecule has 1 fully saturated rings. The van der Waals surface area contributed by atoms with Crippen LogP contribution in [0, 0.1) is 0 Å². The van der Waals surface area contributed by atoms with Gasteiger partial charge in [0.05, 0.1) is 6.61 Å². The fourth-order valence-electron chi connectivity index (χ4n) is 2.95. The van der Waals surface area contributed by atoms with E-state index in [4.69, 9.17) is 10.1 Å². The Balaban J connectivity index is 1.79. The van der Waals surface area contributed by atoms with Crippen LogP contribution in [-0.2, 0) is 7.05 Å². The third-order valence-corrected chi connectivity index (χ3v) is 4.08. The lowest BCUT2D eigenvalue weighted by molar-refractivity contribution is 0.311. The maximum absolute atomic E-state index is 8.82. The average molecular weight is 286 g/mol. The number of benzene rings is 1. The summed E-state index contributed by atoms with van der Waals surface area (Å²) in [5, 5.41) is 16.6. The molecule has 2 N–H and O–H groups in total. The molecule has 0 aliphatic heterocycles. The summed E-state index contributed by atoms with van der Waals surface area (Å²) in [6.45, 7) is 0.699. The van der Waals surface area contributed by atoms with Crippen LogP contribution in [0.5, 0.6) is 0 Å². The lowest BCUT2D eigenvalue weighted by atomic mass is 10.1. The van der Waals surface area contributed by atoms with Crippen LogP contribution in [0.4, 0.5) is 5.69 Å². The monoisotopic (exact) mass is 286 g/mol. The van der Waals surface area contributed by atoms with Crippen molar-refractivity contribution in [2.45, 2.75) is 31.6 Å². The number of aromatic nitrogens is 3. The number of hydrogen-bond acceptors (Lipinski definition) is 4. The maximum Gasteiger partial charge on any atom is 0.158 e.